The van der Waals surface area contributed by atoms with Gasteiger partial charge in [0.15, 0.2) is 0 Å². The molecule has 0 spiro atoms. The van der Waals surface area contributed by atoms with Crippen LogP contribution < -0.4 is 9.47 Å². The number of methoxy groups -OCH3 is 2. The van der Waals surface area contributed by atoms with Crippen LogP contribution in [-0.2, 0) is 0 Å². The Bertz CT molecular complexity index is 431. The monoisotopic (exact) mass is 220 g/mol. The van der Waals surface area contributed by atoms with Gasteiger partial charge >= 0.3 is 0 Å². The lowest BCUT2D eigenvalue weighted by atomic mass is 10.1. The molecule has 0 atom stereocenters. The largest absolute Gasteiger partial charge is 0.497 e. The summed E-state index contributed by atoms with van der Waals surface area (Å²) in [5.41, 5.74) is 2.28. The summed E-state index contributed by atoms with van der Waals surface area (Å²) in [4.78, 5) is 0. The maximum Gasteiger partial charge on any atom is 0.137 e. The number of thiophene rings is 1. The van der Waals surface area contributed by atoms with Gasteiger partial charge in [0.25, 0.3) is 0 Å². The van der Waals surface area contributed by atoms with Crippen molar-refractivity contribution in [2.75, 3.05) is 14.2 Å². The first-order valence-electron chi connectivity index (χ1n) is 4.59. The zero-order valence-corrected chi connectivity index (χ0v) is 9.51. The van der Waals surface area contributed by atoms with E-state index in [-0.39, 0.29) is 0 Å². The second-order valence-corrected chi connectivity index (χ2v) is 3.83. The van der Waals surface area contributed by atoms with Gasteiger partial charge in [-0.3, -0.25) is 0 Å². The molecule has 0 aliphatic rings. The van der Waals surface area contributed by atoms with E-state index >= 15 is 0 Å². The van der Waals surface area contributed by atoms with Crippen molar-refractivity contribution in [1.82, 2.24) is 0 Å². The second kappa shape index (κ2) is 4.36. The zero-order chi connectivity index (χ0) is 10.7. The Hall–Kier alpha value is -1.48. The molecule has 2 rings (SSSR count). The number of hydrogen-bond acceptors (Lipinski definition) is 3. The quantitative estimate of drug-likeness (QED) is 0.789. The van der Waals surface area contributed by atoms with Crippen LogP contribution in [0.1, 0.15) is 0 Å². The first-order valence-corrected chi connectivity index (χ1v) is 5.54. The van der Waals surface area contributed by atoms with E-state index in [0.717, 1.165) is 22.6 Å². The van der Waals surface area contributed by atoms with E-state index < -0.39 is 0 Å². The van der Waals surface area contributed by atoms with Gasteiger partial charge in [-0.1, -0.05) is 12.1 Å². The van der Waals surface area contributed by atoms with Crippen LogP contribution in [0.15, 0.2) is 35.0 Å². The fraction of sp³-hybridized carbons (Fsp3) is 0.167. The molecule has 0 aliphatic heterocycles. The van der Waals surface area contributed by atoms with Crippen LogP contribution in [-0.4, -0.2) is 14.2 Å². The SMILES string of the molecule is COc1ccc(-c2cscc2OC)cc1. The third kappa shape index (κ3) is 1.97. The van der Waals surface area contributed by atoms with Crippen LogP contribution in [0.5, 0.6) is 11.5 Å². The summed E-state index contributed by atoms with van der Waals surface area (Å²) >= 11 is 1.64. The Morgan fingerprint density at radius 2 is 1.67 bits per heavy atom. The Morgan fingerprint density at radius 1 is 0.933 bits per heavy atom. The smallest absolute Gasteiger partial charge is 0.137 e. The lowest BCUT2D eigenvalue weighted by Gasteiger charge is -2.04. The van der Waals surface area contributed by atoms with Crippen molar-refractivity contribution in [3.05, 3.63) is 35.0 Å². The van der Waals surface area contributed by atoms with Gasteiger partial charge in [-0.2, -0.15) is 0 Å². The maximum atomic E-state index is 5.28. The van der Waals surface area contributed by atoms with Gasteiger partial charge < -0.3 is 9.47 Å². The Morgan fingerprint density at radius 3 is 2.27 bits per heavy atom. The Kier molecular flexibility index (Phi) is 2.92. The molecule has 3 heteroatoms. The first kappa shape index (κ1) is 10.1. The summed E-state index contributed by atoms with van der Waals surface area (Å²) in [6.45, 7) is 0. The normalized spacial score (nSPS) is 10.0. The van der Waals surface area contributed by atoms with Gasteiger partial charge in [0, 0.05) is 16.3 Å². The van der Waals surface area contributed by atoms with Gasteiger partial charge in [-0.15, -0.1) is 11.3 Å². The molecule has 2 nitrogen and oxygen atoms in total. The molecule has 1 heterocycles. The molecule has 0 aliphatic carbocycles. The highest BCUT2D eigenvalue weighted by atomic mass is 32.1. The van der Waals surface area contributed by atoms with Crippen molar-refractivity contribution in [1.29, 1.82) is 0 Å². The van der Waals surface area contributed by atoms with E-state index in [9.17, 15) is 0 Å². The second-order valence-electron chi connectivity index (χ2n) is 3.08. The predicted octanol–water partition coefficient (Wildman–Crippen LogP) is 3.43. The standard InChI is InChI=1S/C12H12O2S/c1-13-10-5-3-9(4-6-10)11-7-15-8-12(11)14-2/h3-8H,1-2H3. The molecule has 2 aromatic rings. The summed E-state index contributed by atoms with van der Waals surface area (Å²) in [6, 6.07) is 7.96. The average Bonchev–Trinajstić information content (AvgIpc) is 2.77. The van der Waals surface area contributed by atoms with Crippen LogP contribution >= 0.6 is 11.3 Å². The van der Waals surface area contributed by atoms with E-state index in [1.807, 2.05) is 29.6 Å². The molecular weight excluding hydrogens is 208 g/mol. The summed E-state index contributed by atoms with van der Waals surface area (Å²) in [7, 11) is 3.36. The molecule has 0 saturated heterocycles. The summed E-state index contributed by atoms with van der Waals surface area (Å²) in [5, 5.41) is 4.08. The van der Waals surface area contributed by atoms with Gasteiger partial charge in [-0.25, -0.2) is 0 Å². The van der Waals surface area contributed by atoms with Gasteiger partial charge in [0.2, 0.25) is 0 Å². The minimum Gasteiger partial charge on any atom is -0.497 e. The van der Waals surface area contributed by atoms with Gasteiger partial charge in [0.05, 0.1) is 14.2 Å². The highest BCUT2D eigenvalue weighted by molar-refractivity contribution is 7.08. The van der Waals surface area contributed by atoms with E-state index in [4.69, 9.17) is 9.47 Å². The molecule has 0 fully saturated rings. The third-order valence-corrected chi connectivity index (χ3v) is 2.97. The number of ether oxygens (including phenoxy) is 2. The van der Waals surface area contributed by atoms with E-state index in [0.29, 0.717) is 0 Å². The van der Waals surface area contributed by atoms with Crippen molar-refractivity contribution in [3.8, 4) is 22.6 Å². The number of rotatable bonds is 3. The highest BCUT2D eigenvalue weighted by Crippen LogP contribution is 2.33. The summed E-state index contributed by atoms with van der Waals surface area (Å²) < 4.78 is 10.4. The highest BCUT2D eigenvalue weighted by Gasteiger charge is 2.06. The Balaban J connectivity index is 2.37. The molecule has 15 heavy (non-hydrogen) atoms. The lowest BCUT2D eigenvalue weighted by Crippen LogP contribution is -1.84. The van der Waals surface area contributed by atoms with E-state index in [1.165, 1.54) is 0 Å². The fourth-order valence-electron chi connectivity index (χ4n) is 1.42. The van der Waals surface area contributed by atoms with Crippen molar-refractivity contribution in [2.24, 2.45) is 0 Å². The Labute approximate surface area is 93.1 Å². The van der Waals surface area contributed by atoms with E-state index in [1.54, 1.807) is 25.6 Å². The number of benzene rings is 1. The zero-order valence-electron chi connectivity index (χ0n) is 8.69. The topological polar surface area (TPSA) is 18.5 Å². The number of hydrogen-bond donors (Lipinski definition) is 0. The molecule has 0 radical (unpaired) electrons. The van der Waals surface area contributed by atoms with Gasteiger partial charge in [0.1, 0.15) is 11.5 Å². The fourth-order valence-corrected chi connectivity index (χ4v) is 2.23. The van der Waals surface area contributed by atoms with Crippen LogP contribution in [0.25, 0.3) is 11.1 Å². The van der Waals surface area contributed by atoms with Crippen molar-refractivity contribution in [2.45, 2.75) is 0 Å². The molecule has 0 N–H and O–H groups in total. The molecule has 78 valence electrons. The molecule has 0 unspecified atom stereocenters. The first-order chi connectivity index (χ1) is 7.35. The van der Waals surface area contributed by atoms with Crippen LogP contribution in [0.4, 0.5) is 0 Å². The molecule has 0 saturated carbocycles. The maximum absolute atomic E-state index is 5.28. The van der Waals surface area contributed by atoms with Crippen LogP contribution in [0.2, 0.25) is 0 Å². The third-order valence-electron chi connectivity index (χ3n) is 2.25. The molecule has 1 aromatic heterocycles. The summed E-state index contributed by atoms with van der Waals surface area (Å²) in [6.07, 6.45) is 0. The predicted molar refractivity (Wildman–Crippen MR) is 62.9 cm³/mol. The van der Waals surface area contributed by atoms with Gasteiger partial charge in [-0.05, 0) is 17.7 Å². The lowest BCUT2D eigenvalue weighted by molar-refractivity contribution is 0.414. The van der Waals surface area contributed by atoms with Crippen molar-refractivity contribution >= 4 is 11.3 Å². The van der Waals surface area contributed by atoms with Crippen molar-refractivity contribution in [3.63, 3.8) is 0 Å². The summed E-state index contributed by atoms with van der Waals surface area (Å²) in [5.74, 6) is 1.79. The molecule has 0 amide bonds. The average molecular weight is 220 g/mol. The minimum absolute atomic E-state index is 0.868. The van der Waals surface area contributed by atoms with Crippen molar-refractivity contribution < 1.29 is 9.47 Å². The van der Waals surface area contributed by atoms with Crippen LogP contribution in [0.3, 0.4) is 0 Å². The molecular formula is C12H12O2S. The molecule has 0 bridgehead atoms. The molecule has 1 aromatic carbocycles. The van der Waals surface area contributed by atoms with E-state index in [2.05, 4.69) is 5.38 Å². The minimum atomic E-state index is 0.868. The van der Waals surface area contributed by atoms with Crippen LogP contribution in [0, 0.1) is 0 Å².